The van der Waals surface area contributed by atoms with Crippen molar-refractivity contribution < 1.29 is 14.4 Å². The van der Waals surface area contributed by atoms with E-state index in [9.17, 15) is 14.4 Å². The third kappa shape index (κ3) is 4.25. The van der Waals surface area contributed by atoms with Crippen molar-refractivity contribution >= 4 is 28.5 Å². The lowest BCUT2D eigenvalue weighted by Gasteiger charge is -2.39. The first-order valence-electron chi connectivity index (χ1n) is 12.2. The molecule has 1 aromatic heterocycles. The minimum absolute atomic E-state index is 0.134. The molecule has 5 rings (SSSR count). The van der Waals surface area contributed by atoms with E-state index in [1.807, 2.05) is 54.7 Å². The fourth-order valence-electron chi connectivity index (χ4n) is 5.47. The Morgan fingerprint density at radius 3 is 2.51 bits per heavy atom. The maximum absolute atomic E-state index is 13.7. The number of amides is 2. The molecular weight excluding hydrogens is 440 g/mol. The van der Waals surface area contributed by atoms with Gasteiger partial charge in [0.05, 0.1) is 5.54 Å². The number of piperidine rings is 1. The first-order valence-corrected chi connectivity index (χ1v) is 12.2. The van der Waals surface area contributed by atoms with Gasteiger partial charge in [-0.25, -0.2) is 0 Å². The topological polar surface area (TPSA) is 108 Å². The second-order valence-corrected chi connectivity index (χ2v) is 10.6. The van der Waals surface area contributed by atoms with Crippen molar-refractivity contribution in [3.63, 3.8) is 0 Å². The average Bonchev–Trinajstić information content (AvgIpc) is 3.37. The predicted molar refractivity (Wildman–Crippen MR) is 135 cm³/mol. The molecule has 2 amide bonds. The lowest BCUT2D eigenvalue weighted by molar-refractivity contribution is -0.139. The quantitative estimate of drug-likeness (QED) is 0.530. The Morgan fingerprint density at radius 2 is 1.80 bits per heavy atom. The standard InChI is InChI=1S/C28H32N4O3/c1-27(2,29)26(35)31-23(15-19-17-30-22-10-6-5-8-20(19)22)25(34)32-13-11-28(12-14-32)16-18-7-3-4-9-21(18)24(28)33/h3-10,17,23,30H,11-16,29H2,1-2H3,(H,31,35)/t23-/m1/s1. The SMILES string of the molecule is CC(C)(N)C(=O)N[C@H](Cc1c[nH]c2ccccc12)C(=O)N1CCC2(CC1)Cc1ccccc1C2=O. The highest BCUT2D eigenvalue weighted by Gasteiger charge is 2.48. The first kappa shape index (κ1) is 23.3. The number of Topliss-reactive ketones (excluding diaryl/α,β-unsaturated/α-hetero) is 1. The van der Waals surface area contributed by atoms with E-state index in [4.69, 9.17) is 5.73 Å². The number of hydrogen-bond acceptors (Lipinski definition) is 4. The summed E-state index contributed by atoms with van der Waals surface area (Å²) >= 11 is 0. The van der Waals surface area contributed by atoms with Crippen molar-refractivity contribution in [2.75, 3.05) is 13.1 Å². The van der Waals surface area contributed by atoms with Gasteiger partial charge in [-0.2, -0.15) is 0 Å². The first-order chi connectivity index (χ1) is 16.7. The minimum Gasteiger partial charge on any atom is -0.361 e. The molecule has 1 saturated heterocycles. The predicted octanol–water partition coefficient (Wildman–Crippen LogP) is 2.98. The van der Waals surface area contributed by atoms with Gasteiger partial charge in [0.25, 0.3) is 0 Å². The lowest BCUT2D eigenvalue weighted by atomic mass is 9.75. The molecule has 7 heteroatoms. The van der Waals surface area contributed by atoms with Crippen molar-refractivity contribution in [3.8, 4) is 0 Å². The van der Waals surface area contributed by atoms with Gasteiger partial charge in [-0.05, 0) is 50.3 Å². The fraction of sp³-hybridized carbons (Fsp3) is 0.393. The molecule has 3 aromatic rings. The number of benzene rings is 2. The van der Waals surface area contributed by atoms with E-state index in [-0.39, 0.29) is 17.6 Å². The summed E-state index contributed by atoms with van der Waals surface area (Å²) in [4.78, 5) is 44.7. The number of nitrogens with zero attached hydrogens (tertiary/aromatic N) is 1. The third-order valence-corrected chi connectivity index (χ3v) is 7.59. The monoisotopic (exact) mass is 472 g/mol. The molecule has 1 aliphatic carbocycles. The van der Waals surface area contributed by atoms with E-state index in [0.717, 1.165) is 34.0 Å². The Bertz CT molecular complexity index is 1290. The van der Waals surface area contributed by atoms with Gasteiger partial charge in [0.2, 0.25) is 11.8 Å². The third-order valence-electron chi connectivity index (χ3n) is 7.59. The van der Waals surface area contributed by atoms with E-state index in [2.05, 4.69) is 10.3 Å². The Labute approximate surface area is 205 Å². The summed E-state index contributed by atoms with van der Waals surface area (Å²) in [5.41, 5.74) is 8.37. The highest BCUT2D eigenvalue weighted by atomic mass is 16.2. The summed E-state index contributed by atoms with van der Waals surface area (Å²) in [5.74, 6) is -0.301. The van der Waals surface area contributed by atoms with Gasteiger partial charge < -0.3 is 20.9 Å². The molecule has 1 spiro atoms. The van der Waals surface area contributed by atoms with E-state index < -0.39 is 17.0 Å². The number of H-pyrrole nitrogens is 1. The summed E-state index contributed by atoms with van der Waals surface area (Å²) in [5, 5.41) is 3.93. The summed E-state index contributed by atoms with van der Waals surface area (Å²) in [6.07, 6.45) is 4.24. The number of ketones is 1. The summed E-state index contributed by atoms with van der Waals surface area (Å²) in [7, 11) is 0. The van der Waals surface area contributed by atoms with Crippen LogP contribution in [0.4, 0.5) is 0 Å². The Balaban J connectivity index is 1.34. The van der Waals surface area contributed by atoms with Crippen LogP contribution >= 0.6 is 0 Å². The molecule has 1 atom stereocenters. The van der Waals surface area contributed by atoms with Crippen molar-refractivity contribution in [3.05, 3.63) is 71.4 Å². The number of fused-ring (bicyclic) bond motifs is 2. The average molecular weight is 473 g/mol. The largest absolute Gasteiger partial charge is 0.361 e. The molecular formula is C28H32N4O3. The number of nitrogens with one attached hydrogen (secondary N) is 2. The molecule has 0 bridgehead atoms. The van der Waals surface area contributed by atoms with E-state index >= 15 is 0 Å². The van der Waals surface area contributed by atoms with Crippen molar-refractivity contribution in [1.29, 1.82) is 0 Å². The van der Waals surface area contributed by atoms with Crippen LogP contribution < -0.4 is 11.1 Å². The van der Waals surface area contributed by atoms with E-state index in [1.54, 1.807) is 18.7 Å². The summed E-state index contributed by atoms with van der Waals surface area (Å²) < 4.78 is 0. The number of carbonyl (C=O) groups excluding carboxylic acids is 3. The number of aromatic amines is 1. The number of para-hydroxylation sites is 1. The molecule has 2 aromatic carbocycles. The Morgan fingerprint density at radius 1 is 1.11 bits per heavy atom. The molecule has 35 heavy (non-hydrogen) atoms. The van der Waals surface area contributed by atoms with Gasteiger partial charge in [-0.3, -0.25) is 14.4 Å². The molecule has 2 aliphatic rings. The molecule has 1 fully saturated rings. The van der Waals surface area contributed by atoms with Crippen LogP contribution in [0.1, 0.15) is 48.2 Å². The van der Waals surface area contributed by atoms with Crippen LogP contribution in [0, 0.1) is 5.41 Å². The maximum Gasteiger partial charge on any atom is 0.245 e. The zero-order valence-corrected chi connectivity index (χ0v) is 20.3. The van der Waals surface area contributed by atoms with Gasteiger partial charge in [-0.15, -0.1) is 0 Å². The minimum atomic E-state index is -1.10. The van der Waals surface area contributed by atoms with Crippen LogP contribution in [-0.4, -0.2) is 52.2 Å². The van der Waals surface area contributed by atoms with Crippen molar-refractivity contribution in [2.45, 2.75) is 51.1 Å². The number of rotatable bonds is 5. The maximum atomic E-state index is 13.7. The van der Waals surface area contributed by atoms with Gasteiger partial charge >= 0.3 is 0 Å². The molecule has 182 valence electrons. The number of aromatic nitrogens is 1. The fourth-order valence-corrected chi connectivity index (χ4v) is 5.47. The summed E-state index contributed by atoms with van der Waals surface area (Å²) in [6.45, 7) is 4.24. The molecule has 0 radical (unpaired) electrons. The highest BCUT2D eigenvalue weighted by molar-refractivity contribution is 6.05. The smallest absolute Gasteiger partial charge is 0.245 e. The van der Waals surface area contributed by atoms with Crippen LogP contribution in [0.25, 0.3) is 10.9 Å². The highest BCUT2D eigenvalue weighted by Crippen LogP contribution is 2.44. The van der Waals surface area contributed by atoms with Gasteiger partial charge in [0.15, 0.2) is 5.78 Å². The number of hydrogen-bond donors (Lipinski definition) is 3. The summed E-state index contributed by atoms with van der Waals surface area (Å²) in [6, 6.07) is 15.0. The van der Waals surface area contributed by atoms with Crippen molar-refractivity contribution in [2.24, 2.45) is 11.1 Å². The van der Waals surface area contributed by atoms with Gasteiger partial charge in [-0.1, -0.05) is 42.5 Å². The molecule has 0 saturated carbocycles. The second-order valence-electron chi connectivity index (χ2n) is 10.6. The molecule has 2 heterocycles. The van der Waals surface area contributed by atoms with Gasteiger partial charge in [0.1, 0.15) is 6.04 Å². The lowest BCUT2D eigenvalue weighted by Crippen LogP contribution is -2.58. The Kier molecular flexibility index (Phi) is 5.75. The number of likely N-dealkylation sites (tertiary alicyclic amines) is 1. The van der Waals surface area contributed by atoms with Crippen LogP contribution in [-0.2, 0) is 22.4 Å². The van der Waals surface area contributed by atoms with Gasteiger partial charge in [0, 0.05) is 47.6 Å². The van der Waals surface area contributed by atoms with Crippen LogP contribution in [0.15, 0.2) is 54.7 Å². The zero-order chi connectivity index (χ0) is 24.8. The van der Waals surface area contributed by atoms with E-state index in [1.165, 1.54) is 0 Å². The molecule has 1 aliphatic heterocycles. The number of nitrogens with two attached hydrogens (primary N) is 1. The molecule has 0 unspecified atom stereocenters. The second kappa shape index (κ2) is 8.64. The number of carbonyl (C=O) groups is 3. The van der Waals surface area contributed by atoms with Crippen LogP contribution in [0.2, 0.25) is 0 Å². The normalized spacial score (nSPS) is 18.0. The van der Waals surface area contributed by atoms with Crippen LogP contribution in [0.5, 0.6) is 0 Å². The van der Waals surface area contributed by atoms with Crippen molar-refractivity contribution in [1.82, 2.24) is 15.2 Å². The molecule has 4 N–H and O–H groups in total. The Hall–Kier alpha value is -3.45. The van der Waals surface area contributed by atoms with Crippen LogP contribution in [0.3, 0.4) is 0 Å². The zero-order valence-electron chi connectivity index (χ0n) is 20.3. The molecule has 7 nitrogen and oxygen atoms in total. The van der Waals surface area contributed by atoms with E-state index in [0.29, 0.717) is 32.4 Å².